The summed E-state index contributed by atoms with van der Waals surface area (Å²) in [5.41, 5.74) is 0.143. The molecule has 4 heteroatoms. The van der Waals surface area contributed by atoms with Gasteiger partial charge < -0.3 is 10.4 Å². The summed E-state index contributed by atoms with van der Waals surface area (Å²) in [4.78, 5) is 0. The molecule has 0 saturated heterocycles. The molecule has 1 fully saturated rings. The molecule has 0 aromatic heterocycles. The van der Waals surface area contributed by atoms with Crippen LogP contribution in [0, 0.1) is 17.6 Å². The van der Waals surface area contributed by atoms with Gasteiger partial charge in [0.25, 0.3) is 0 Å². The molecule has 2 rings (SSSR count). The highest BCUT2D eigenvalue weighted by atomic mass is 19.1. The maximum Gasteiger partial charge on any atom is 0.131 e. The van der Waals surface area contributed by atoms with Crippen molar-refractivity contribution in [3.8, 4) is 0 Å². The molecule has 0 aliphatic heterocycles. The van der Waals surface area contributed by atoms with Gasteiger partial charge in [0.1, 0.15) is 11.6 Å². The molecule has 1 saturated carbocycles. The van der Waals surface area contributed by atoms with E-state index >= 15 is 0 Å². The highest BCUT2D eigenvalue weighted by molar-refractivity contribution is 5.21. The summed E-state index contributed by atoms with van der Waals surface area (Å²) in [6.07, 6.45) is 2.77. The highest BCUT2D eigenvalue weighted by Gasteiger charge is 2.24. The van der Waals surface area contributed by atoms with Gasteiger partial charge in [-0.3, -0.25) is 0 Å². The molecule has 100 valence electrons. The third-order valence-electron chi connectivity index (χ3n) is 3.81. The molecule has 2 atom stereocenters. The number of hydrogen-bond acceptors (Lipinski definition) is 2. The van der Waals surface area contributed by atoms with E-state index in [1.54, 1.807) is 0 Å². The van der Waals surface area contributed by atoms with E-state index in [0.29, 0.717) is 18.5 Å². The van der Waals surface area contributed by atoms with E-state index < -0.39 is 17.7 Å². The number of benzene rings is 1. The van der Waals surface area contributed by atoms with Crippen molar-refractivity contribution >= 4 is 0 Å². The summed E-state index contributed by atoms with van der Waals surface area (Å²) in [5.74, 6) is -0.657. The average molecular weight is 255 g/mol. The number of halogens is 2. The van der Waals surface area contributed by atoms with Gasteiger partial charge in [0.05, 0.1) is 6.10 Å². The molecule has 2 unspecified atom stereocenters. The maximum absolute atomic E-state index is 13.4. The van der Waals surface area contributed by atoms with Crippen LogP contribution in [0.2, 0.25) is 0 Å². The van der Waals surface area contributed by atoms with E-state index in [9.17, 15) is 13.9 Å². The Balaban J connectivity index is 1.88. The van der Waals surface area contributed by atoms with Gasteiger partial charge in [0.2, 0.25) is 0 Å². The van der Waals surface area contributed by atoms with Crippen molar-refractivity contribution in [2.45, 2.75) is 38.3 Å². The lowest BCUT2D eigenvalue weighted by molar-refractivity contribution is 0.151. The number of aliphatic hydroxyl groups is 1. The zero-order valence-electron chi connectivity index (χ0n) is 10.5. The second kappa shape index (κ2) is 5.76. The van der Waals surface area contributed by atoms with Crippen LogP contribution in [0.15, 0.2) is 18.2 Å². The Morgan fingerprint density at radius 1 is 1.39 bits per heavy atom. The summed E-state index contributed by atoms with van der Waals surface area (Å²) >= 11 is 0. The molecule has 2 N–H and O–H groups in total. The molecule has 0 radical (unpaired) electrons. The minimum atomic E-state index is -0.937. The van der Waals surface area contributed by atoms with Crippen LogP contribution >= 0.6 is 0 Å². The van der Waals surface area contributed by atoms with E-state index in [1.807, 2.05) is 0 Å². The van der Waals surface area contributed by atoms with Crippen molar-refractivity contribution in [3.63, 3.8) is 0 Å². The number of rotatable bonds is 5. The molecular formula is C14H19F2NO. The Labute approximate surface area is 106 Å². The van der Waals surface area contributed by atoms with Crippen LogP contribution in [-0.2, 0) is 0 Å². The Kier molecular flexibility index (Phi) is 4.30. The Morgan fingerprint density at radius 3 is 2.67 bits per heavy atom. The molecule has 0 spiro atoms. The van der Waals surface area contributed by atoms with Gasteiger partial charge in [0, 0.05) is 24.2 Å². The fraction of sp³-hybridized carbons (Fsp3) is 0.571. The molecular weight excluding hydrogens is 236 g/mol. The molecule has 0 amide bonds. The van der Waals surface area contributed by atoms with Crippen molar-refractivity contribution < 1.29 is 13.9 Å². The standard InChI is InChI=1S/C14H19F2NO/c1-9(10-3-2-4-10)17-8-14(18)12-6-5-11(15)7-13(12)16/h5-7,9-10,14,17-18H,2-4,8H2,1H3. The SMILES string of the molecule is CC(NCC(O)c1ccc(F)cc1F)C1CCC1. The molecule has 0 heterocycles. The molecule has 1 aliphatic carbocycles. The van der Waals surface area contributed by atoms with Crippen LogP contribution in [0.4, 0.5) is 8.78 Å². The smallest absolute Gasteiger partial charge is 0.131 e. The monoisotopic (exact) mass is 255 g/mol. The fourth-order valence-corrected chi connectivity index (χ4v) is 2.29. The van der Waals surface area contributed by atoms with E-state index in [2.05, 4.69) is 12.2 Å². The highest BCUT2D eigenvalue weighted by Crippen LogP contribution is 2.29. The largest absolute Gasteiger partial charge is 0.387 e. The number of hydrogen-bond donors (Lipinski definition) is 2. The van der Waals surface area contributed by atoms with Crippen LogP contribution in [0.5, 0.6) is 0 Å². The zero-order chi connectivity index (χ0) is 13.1. The van der Waals surface area contributed by atoms with E-state index in [-0.39, 0.29) is 5.56 Å². The first kappa shape index (κ1) is 13.4. The zero-order valence-corrected chi connectivity index (χ0v) is 10.5. The Morgan fingerprint density at radius 2 is 2.11 bits per heavy atom. The van der Waals surface area contributed by atoms with Gasteiger partial charge in [-0.05, 0) is 31.7 Å². The van der Waals surface area contributed by atoms with Gasteiger partial charge in [0.15, 0.2) is 0 Å². The maximum atomic E-state index is 13.4. The summed E-state index contributed by atoms with van der Waals surface area (Å²) in [7, 11) is 0. The first-order valence-electron chi connectivity index (χ1n) is 6.44. The lowest BCUT2D eigenvalue weighted by Gasteiger charge is -2.32. The van der Waals surface area contributed by atoms with Gasteiger partial charge in [-0.1, -0.05) is 12.5 Å². The minimum absolute atomic E-state index is 0.143. The lowest BCUT2D eigenvalue weighted by atomic mass is 9.80. The molecule has 1 aromatic rings. The molecule has 0 bridgehead atoms. The summed E-state index contributed by atoms with van der Waals surface area (Å²) in [5, 5.41) is 13.1. The van der Waals surface area contributed by atoms with Crippen LogP contribution in [0.25, 0.3) is 0 Å². The quantitative estimate of drug-likeness (QED) is 0.848. The predicted octanol–water partition coefficient (Wildman–Crippen LogP) is 2.78. The molecule has 18 heavy (non-hydrogen) atoms. The normalized spacial score (nSPS) is 19.3. The predicted molar refractivity (Wildman–Crippen MR) is 66.1 cm³/mol. The minimum Gasteiger partial charge on any atom is -0.387 e. The van der Waals surface area contributed by atoms with Gasteiger partial charge in [-0.25, -0.2) is 8.78 Å². The topological polar surface area (TPSA) is 32.3 Å². The van der Waals surface area contributed by atoms with Gasteiger partial charge >= 0.3 is 0 Å². The van der Waals surface area contributed by atoms with E-state index in [0.717, 1.165) is 12.1 Å². The van der Waals surface area contributed by atoms with E-state index in [4.69, 9.17) is 0 Å². The summed E-state index contributed by atoms with van der Waals surface area (Å²) < 4.78 is 26.2. The fourth-order valence-electron chi connectivity index (χ4n) is 2.29. The van der Waals surface area contributed by atoms with Crippen molar-refractivity contribution in [1.82, 2.24) is 5.32 Å². The Bertz CT molecular complexity index is 407. The molecule has 1 aromatic carbocycles. The summed E-state index contributed by atoms with van der Waals surface area (Å²) in [6.45, 7) is 2.37. The summed E-state index contributed by atoms with van der Waals surface area (Å²) in [6, 6.07) is 3.59. The van der Waals surface area contributed by atoms with Crippen molar-refractivity contribution in [3.05, 3.63) is 35.4 Å². The Hall–Kier alpha value is -1.00. The number of aliphatic hydroxyl groups excluding tert-OH is 1. The molecule has 2 nitrogen and oxygen atoms in total. The van der Waals surface area contributed by atoms with Crippen molar-refractivity contribution in [1.29, 1.82) is 0 Å². The van der Waals surface area contributed by atoms with Crippen molar-refractivity contribution in [2.24, 2.45) is 5.92 Å². The van der Waals surface area contributed by atoms with Crippen LogP contribution in [0.1, 0.15) is 37.9 Å². The van der Waals surface area contributed by atoms with Crippen molar-refractivity contribution in [2.75, 3.05) is 6.54 Å². The van der Waals surface area contributed by atoms with E-state index in [1.165, 1.54) is 25.3 Å². The van der Waals surface area contributed by atoms with Gasteiger partial charge in [-0.2, -0.15) is 0 Å². The molecule has 1 aliphatic rings. The average Bonchev–Trinajstić information content (AvgIpc) is 2.23. The second-order valence-electron chi connectivity index (χ2n) is 5.07. The van der Waals surface area contributed by atoms with Crippen LogP contribution in [-0.4, -0.2) is 17.7 Å². The van der Waals surface area contributed by atoms with Gasteiger partial charge in [-0.15, -0.1) is 0 Å². The number of nitrogens with one attached hydrogen (secondary N) is 1. The third kappa shape index (κ3) is 3.06. The lowest BCUT2D eigenvalue weighted by Crippen LogP contribution is -2.39. The first-order valence-corrected chi connectivity index (χ1v) is 6.44. The van der Waals surface area contributed by atoms with Crippen LogP contribution < -0.4 is 5.32 Å². The second-order valence-corrected chi connectivity index (χ2v) is 5.07. The third-order valence-corrected chi connectivity index (χ3v) is 3.81. The first-order chi connectivity index (χ1) is 8.58. The van der Waals surface area contributed by atoms with Crippen LogP contribution in [0.3, 0.4) is 0 Å².